The summed E-state index contributed by atoms with van der Waals surface area (Å²) in [6.07, 6.45) is 5.82. The Bertz CT molecular complexity index is 1090. The number of carbonyl (C=O) groups excluding carboxylic acids is 2. The Labute approximate surface area is 194 Å². The molecule has 3 aromatic rings. The number of hydrogen-bond acceptors (Lipinski definition) is 5. The SMILES string of the molecule is CCN1CCN(C(=O)Cn2cc(C(C)C)nn2)C(Cc2ccc(-c3ccncc3)cc2)C1=O. The van der Waals surface area contributed by atoms with Gasteiger partial charge in [-0.1, -0.05) is 43.3 Å². The Balaban J connectivity index is 1.51. The molecule has 1 atom stereocenters. The minimum Gasteiger partial charge on any atom is -0.339 e. The van der Waals surface area contributed by atoms with Crippen molar-refractivity contribution in [3.63, 3.8) is 0 Å². The number of amides is 2. The monoisotopic (exact) mass is 446 g/mol. The van der Waals surface area contributed by atoms with Gasteiger partial charge in [-0.3, -0.25) is 14.6 Å². The predicted octanol–water partition coefficient (Wildman–Crippen LogP) is 2.77. The summed E-state index contributed by atoms with van der Waals surface area (Å²) >= 11 is 0. The van der Waals surface area contributed by atoms with Crippen LogP contribution in [0.15, 0.2) is 55.0 Å². The third-order valence-corrected chi connectivity index (χ3v) is 6.13. The van der Waals surface area contributed by atoms with Gasteiger partial charge in [-0.15, -0.1) is 5.10 Å². The van der Waals surface area contributed by atoms with Gasteiger partial charge in [0.05, 0.1) is 5.69 Å². The average Bonchev–Trinajstić information content (AvgIpc) is 3.30. The molecule has 33 heavy (non-hydrogen) atoms. The molecule has 8 nitrogen and oxygen atoms in total. The Hall–Kier alpha value is -3.55. The molecule has 2 aromatic heterocycles. The largest absolute Gasteiger partial charge is 0.339 e. The summed E-state index contributed by atoms with van der Waals surface area (Å²) in [5, 5.41) is 8.23. The molecule has 2 amide bonds. The molecule has 0 N–H and O–H groups in total. The van der Waals surface area contributed by atoms with Gasteiger partial charge < -0.3 is 9.80 Å². The smallest absolute Gasteiger partial charge is 0.245 e. The fraction of sp³-hybridized carbons (Fsp3) is 0.400. The lowest BCUT2D eigenvalue weighted by Crippen LogP contribution is -2.59. The molecule has 0 spiro atoms. The van der Waals surface area contributed by atoms with Gasteiger partial charge in [-0.25, -0.2) is 4.68 Å². The first kappa shape index (κ1) is 22.6. The van der Waals surface area contributed by atoms with Gasteiger partial charge in [-0.2, -0.15) is 0 Å². The fourth-order valence-electron chi connectivity index (χ4n) is 4.13. The second kappa shape index (κ2) is 9.94. The van der Waals surface area contributed by atoms with Crippen molar-refractivity contribution in [1.29, 1.82) is 0 Å². The van der Waals surface area contributed by atoms with E-state index in [0.717, 1.165) is 22.4 Å². The van der Waals surface area contributed by atoms with Crippen LogP contribution in [-0.4, -0.2) is 67.3 Å². The van der Waals surface area contributed by atoms with Crippen LogP contribution >= 0.6 is 0 Å². The number of hydrogen-bond donors (Lipinski definition) is 0. The zero-order valence-corrected chi connectivity index (χ0v) is 19.4. The van der Waals surface area contributed by atoms with Crippen molar-refractivity contribution in [2.24, 2.45) is 0 Å². The van der Waals surface area contributed by atoms with E-state index < -0.39 is 6.04 Å². The summed E-state index contributed by atoms with van der Waals surface area (Å²) in [5.41, 5.74) is 4.05. The van der Waals surface area contributed by atoms with E-state index in [1.165, 1.54) is 0 Å². The normalized spacial score (nSPS) is 16.5. The molecule has 1 fully saturated rings. The quantitative estimate of drug-likeness (QED) is 0.557. The Morgan fingerprint density at radius 3 is 2.39 bits per heavy atom. The van der Waals surface area contributed by atoms with Gasteiger partial charge in [0.25, 0.3) is 0 Å². The van der Waals surface area contributed by atoms with Crippen LogP contribution in [0.3, 0.4) is 0 Å². The highest BCUT2D eigenvalue weighted by atomic mass is 16.2. The zero-order chi connectivity index (χ0) is 23.4. The van der Waals surface area contributed by atoms with Crippen molar-refractivity contribution in [3.05, 3.63) is 66.2 Å². The van der Waals surface area contributed by atoms with E-state index in [2.05, 4.69) is 15.3 Å². The van der Waals surface area contributed by atoms with Crippen molar-refractivity contribution in [2.75, 3.05) is 19.6 Å². The maximum absolute atomic E-state index is 13.2. The van der Waals surface area contributed by atoms with E-state index in [4.69, 9.17) is 0 Å². The summed E-state index contributed by atoms with van der Waals surface area (Å²) in [6.45, 7) is 7.83. The first-order valence-corrected chi connectivity index (χ1v) is 11.4. The standard InChI is InChI=1S/C25H30N6O2/c1-4-29-13-14-31(24(32)17-30-16-22(18(2)3)27-28-30)23(25(29)33)15-19-5-7-20(8-6-19)21-9-11-26-12-10-21/h5-12,16,18,23H,4,13-15,17H2,1-3H3. The van der Waals surface area contributed by atoms with Crippen LogP contribution < -0.4 is 0 Å². The van der Waals surface area contributed by atoms with Crippen LogP contribution in [0.2, 0.25) is 0 Å². The topological polar surface area (TPSA) is 84.2 Å². The van der Waals surface area contributed by atoms with E-state index >= 15 is 0 Å². The number of piperazine rings is 1. The number of nitrogens with zero attached hydrogens (tertiary/aromatic N) is 6. The lowest BCUT2D eigenvalue weighted by Gasteiger charge is -2.40. The van der Waals surface area contributed by atoms with Crippen molar-refractivity contribution in [2.45, 2.75) is 45.7 Å². The molecule has 1 aromatic carbocycles. The minimum absolute atomic E-state index is 0.00299. The molecule has 1 aliphatic rings. The molecule has 1 unspecified atom stereocenters. The fourth-order valence-corrected chi connectivity index (χ4v) is 4.13. The summed E-state index contributed by atoms with van der Waals surface area (Å²) in [5.74, 6) is 0.126. The van der Waals surface area contributed by atoms with Crippen molar-refractivity contribution >= 4 is 11.8 Å². The highest BCUT2D eigenvalue weighted by molar-refractivity contribution is 5.89. The first-order valence-electron chi connectivity index (χ1n) is 11.4. The number of likely N-dealkylation sites (N-methyl/N-ethyl adjacent to an activating group) is 1. The van der Waals surface area contributed by atoms with Crippen molar-refractivity contribution in [1.82, 2.24) is 29.8 Å². The maximum Gasteiger partial charge on any atom is 0.245 e. The highest BCUT2D eigenvalue weighted by Crippen LogP contribution is 2.22. The molecule has 0 bridgehead atoms. The number of pyridine rings is 1. The summed E-state index contributed by atoms with van der Waals surface area (Å²) in [7, 11) is 0. The van der Waals surface area contributed by atoms with E-state index in [1.807, 2.05) is 62.1 Å². The lowest BCUT2D eigenvalue weighted by molar-refractivity contribution is -0.151. The summed E-state index contributed by atoms with van der Waals surface area (Å²) in [6, 6.07) is 11.6. The number of benzene rings is 1. The number of aromatic nitrogens is 4. The lowest BCUT2D eigenvalue weighted by atomic mass is 9.98. The summed E-state index contributed by atoms with van der Waals surface area (Å²) in [4.78, 5) is 34.0. The molecule has 0 aliphatic carbocycles. The third-order valence-electron chi connectivity index (χ3n) is 6.13. The van der Waals surface area contributed by atoms with Gasteiger partial charge in [0.2, 0.25) is 11.8 Å². The predicted molar refractivity (Wildman–Crippen MR) is 125 cm³/mol. The van der Waals surface area contributed by atoms with Crippen molar-refractivity contribution in [3.8, 4) is 11.1 Å². The first-order chi connectivity index (χ1) is 16.0. The molecule has 0 saturated carbocycles. The average molecular weight is 447 g/mol. The van der Waals surface area contributed by atoms with E-state index in [-0.39, 0.29) is 24.3 Å². The minimum atomic E-state index is -0.522. The molecule has 1 saturated heterocycles. The van der Waals surface area contributed by atoms with Gasteiger partial charge in [0.1, 0.15) is 12.6 Å². The molecule has 172 valence electrons. The van der Waals surface area contributed by atoms with Crippen LogP contribution in [0.4, 0.5) is 0 Å². The van der Waals surface area contributed by atoms with Crippen LogP contribution in [0.5, 0.6) is 0 Å². The molecular formula is C25H30N6O2. The summed E-state index contributed by atoms with van der Waals surface area (Å²) < 4.78 is 1.56. The third kappa shape index (κ3) is 5.10. The Morgan fingerprint density at radius 2 is 1.76 bits per heavy atom. The van der Waals surface area contributed by atoms with Gasteiger partial charge in [0.15, 0.2) is 0 Å². The molecule has 4 rings (SSSR count). The number of rotatable bonds is 7. The van der Waals surface area contributed by atoms with Crippen LogP contribution in [0.25, 0.3) is 11.1 Å². The second-order valence-electron chi connectivity index (χ2n) is 8.65. The second-order valence-corrected chi connectivity index (χ2v) is 8.65. The van der Waals surface area contributed by atoms with Crippen LogP contribution in [0.1, 0.15) is 37.9 Å². The zero-order valence-electron chi connectivity index (χ0n) is 19.4. The highest BCUT2D eigenvalue weighted by Gasteiger charge is 2.36. The van der Waals surface area contributed by atoms with Crippen molar-refractivity contribution < 1.29 is 9.59 Å². The van der Waals surface area contributed by atoms with Gasteiger partial charge >= 0.3 is 0 Å². The van der Waals surface area contributed by atoms with E-state index in [9.17, 15) is 9.59 Å². The van der Waals surface area contributed by atoms with Gasteiger partial charge in [-0.05, 0) is 41.7 Å². The molecule has 3 heterocycles. The molecule has 8 heteroatoms. The molecule has 1 aliphatic heterocycles. The van der Waals surface area contributed by atoms with E-state index in [0.29, 0.717) is 26.1 Å². The molecular weight excluding hydrogens is 416 g/mol. The number of carbonyl (C=O) groups is 2. The maximum atomic E-state index is 13.2. The molecule has 0 radical (unpaired) electrons. The Kier molecular flexibility index (Phi) is 6.82. The van der Waals surface area contributed by atoms with Crippen LogP contribution in [0, 0.1) is 0 Å². The Morgan fingerprint density at radius 1 is 1.06 bits per heavy atom. The van der Waals surface area contributed by atoms with Gasteiger partial charge in [0, 0.05) is 44.6 Å². The van der Waals surface area contributed by atoms with E-state index in [1.54, 1.807) is 28.2 Å². The van der Waals surface area contributed by atoms with Crippen LogP contribution in [-0.2, 0) is 22.6 Å².